The molecular formula is C29H22F3O2P. The minimum absolute atomic E-state index is 0.135. The molecule has 0 bridgehead atoms. The molecule has 0 saturated heterocycles. The average Bonchev–Trinajstić information content (AvgIpc) is 3.17. The van der Waals surface area contributed by atoms with Crippen molar-refractivity contribution in [3.05, 3.63) is 126 Å². The Labute approximate surface area is 201 Å². The van der Waals surface area contributed by atoms with Crippen molar-refractivity contribution in [2.45, 2.75) is 6.18 Å². The van der Waals surface area contributed by atoms with Crippen LogP contribution in [-0.4, -0.2) is 18.3 Å². The second kappa shape index (κ2) is 8.51. The van der Waals surface area contributed by atoms with Crippen LogP contribution in [0.5, 0.6) is 0 Å². The second-order valence-electron chi connectivity index (χ2n) is 8.52. The van der Waals surface area contributed by atoms with E-state index < -0.39 is 19.0 Å². The standard InChI is InChI=1S/C29H22F3O2P/c30-29(31,32)28(33)34-35(24-14-6-2-7-15-24,25-16-8-3-9-17-25)21-23(20-22-12-4-1-5-13-22)26-18-10-11-19-27(26)35/h1-20H,21H2/b23-20+. The van der Waals surface area contributed by atoms with Gasteiger partial charge in [-0.25, -0.2) is 0 Å². The van der Waals surface area contributed by atoms with Crippen LogP contribution in [0.1, 0.15) is 11.1 Å². The maximum absolute atomic E-state index is 13.8. The maximum atomic E-state index is 13.8. The van der Waals surface area contributed by atoms with Gasteiger partial charge < -0.3 is 0 Å². The molecule has 0 amide bonds. The van der Waals surface area contributed by atoms with Crippen LogP contribution in [0.2, 0.25) is 0 Å². The number of fused-ring (bicyclic) bond motifs is 1. The molecule has 0 aromatic heterocycles. The third-order valence-electron chi connectivity index (χ3n) is 6.49. The van der Waals surface area contributed by atoms with Gasteiger partial charge in [0.1, 0.15) is 0 Å². The van der Waals surface area contributed by atoms with Gasteiger partial charge in [0.05, 0.1) is 0 Å². The number of hydrogen-bond acceptors (Lipinski definition) is 2. The molecule has 0 unspecified atom stereocenters. The summed E-state index contributed by atoms with van der Waals surface area (Å²) in [6, 6.07) is 34.7. The predicted molar refractivity (Wildman–Crippen MR) is 136 cm³/mol. The Morgan fingerprint density at radius 2 is 1.20 bits per heavy atom. The number of alkyl halides is 3. The Morgan fingerprint density at radius 1 is 0.714 bits per heavy atom. The number of benzene rings is 4. The zero-order valence-corrected chi connectivity index (χ0v) is 19.5. The molecule has 5 rings (SSSR count). The van der Waals surface area contributed by atoms with E-state index in [1.165, 1.54) is 0 Å². The molecule has 0 fully saturated rings. The van der Waals surface area contributed by atoms with Crippen LogP contribution in [0.25, 0.3) is 11.6 Å². The molecule has 35 heavy (non-hydrogen) atoms. The molecule has 4 aromatic rings. The molecule has 6 heteroatoms. The third kappa shape index (κ3) is 3.67. The number of hydrogen-bond donors (Lipinski definition) is 0. The van der Waals surface area contributed by atoms with Crippen molar-refractivity contribution in [3.63, 3.8) is 0 Å². The van der Waals surface area contributed by atoms with Crippen molar-refractivity contribution in [2.24, 2.45) is 0 Å². The summed E-state index contributed by atoms with van der Waals surface area (Å²) in [6.45, 7) is -4.41. The SMILES string of the molecule is O=C(OP1(c2ccccc2)(c2ccccc2)C/C(=C\c2ccccc2)c2ccccc21)C(F)(F)F. The summed E-state index contributed by atoms with van der Waals surface area (Å²) in [4.78, 5) is 12.7. The van der Waals surface area contributed by atoms with E-state index in [0.29, 0.717) is 15.9 Å². The number of carbonyl (C=O) groups excluding carboxylic acids is 1. The van der Waals surface area contributed by atoms with Crippen LogP contribution >= 0.6 is 6.83 Å². The van der Waals surface area contributed by atoms with Crippen LogP contribution in [0.4, 0.5) is 13.2 Å². The van der Waals surface area contributed by atoms with Crippen LogP contribution in [0.3, 0.4) is 0 Å². The van der Waals surface area contributed by atoms with Gasteiger partial charge in [0.15, 0.2) is 0 Å². The molecule has 2 nitrogen and oxygen atoms in total. The van der Waals surface area contributed by atoms with E-state index in [2.05, 4.69) is 0 Å². The Balaban J connectivity index is 1.91. The predicted octanol–water partition coefficient (Wildman–Crippen LogP) is 6.09. The van der Waals surface area contributed by atoms with Gasteiger partial charge in [-0.3, -0.25) is 0 Å². The van der Waals surface area contributed by atoms with E-state index >= 15 is 0 Å². The van der Waals surface area contributed by atoms with E-state index in [-0.39, 0.29) is 6.16 Å². The molecule has 0 atom stereocenters. The molecular weight excluding hydrogens is 468 g/mol. The molecule has 0 saturated carbocycles. The fourth-order valence-electron chi connectivity index (χ4n) is 5.04. The van der Waals surface area contributed by atoms with E-state index in [1.807, 2.05) is 54.6 Å². The molecule has 1 aliphatic rings. The summed E-state index contributed by atoms with van der Waals surface area (Å²) >= 11 is 0. The van der Waals surface area contributed by atoms with Crippen LogP contribution in [-0.2, 0) is 9.32 Å². The monoisotopic (exact) mass is 490 g/mol. The second-order valence-corrected chi connectivity index (χ2v) is 13.0. The summed E-state index contributed by atoms with van der Waals surface area (Å²) < 4.78 is 47.4. The summed E-state index contributed by atoms with van der Waals surface area (Å²) in [5.74, 6) is -2.18. The van der Waals surface area contributed by atoms with Crippen molar-refractivity contribution in [1.29, 1.82) is 0 Å². The Hall–Kier alpha value is -3.69. The van der Waals surface area contributed by atoms with Gasteiger partial charge in [0.25, 0.3) is 0 Å². The average molecular weight is 490 g/mol. The van der Waals surface area contributed by atoms with Gasteiger partial charge in [0, 0.05) is 0 Å². The number of halogens is 3. The molecule has 1 heterocycles. The van der Waals surface area contributed by atoms with E-state index in [4.69, 9.17) is 4.52 Å². The summed E-state index contributed by atoms with van der Waals surface area (Å²) in [5, 5.41) is 1.77. The fourth-order valence-corrected chi connectivity index (χ4v) is 10.9. The first-order valence-electron chi connectivity index (χ1n) is 11.1. The van der Waals surface area contributed by atoms with Crippen molar-refractivity contribution < 1.29 is 22.5 Å². The van der Waals surface area contributed by atoms with Gasteiger partial charge in [-0.2, -0.15) is 0 Å². The molecule has 1 aliphatic heterocycles. The van der Waals surface area contributed by atoms with Gasteiger partial charge in [0.2, 0.25) is 0 Å². The number of carbonyl (C=O) groups is 1. The molecule has 0 N–H and O–H groups in total. The first kappa shape index (κ1) is 23.1. The summed E-state index contributed by atoms with van der Waals surface area (Å²) in [5.41, 5.74) is 2.53. The first-order chi connectivity index (χ1) is 16.8. The minimum atomic E-state index is -5.14. The quantitative estimate of drug-likeness (QED) is 0.324. The van der Waals surface area contributed by atoms with E-state index in [0.717, 1.165) is 16.7 Å². The molecule has 0 aliphatic carbocycles. The number of allylic oxidation sites excluding steroid dienone is 1. The van der Waals surface area contributed by atoms with Crippen LogP contribution < -0.4 is 15.9 Å². The molecule has 0 spiro atoms. The van der Waals surface area contributed by atoms with Crippen LogP contribution in [0, 0.1) is 0 Å². The zero-order valence-electron chi connectivity index (χ0n) is 18.7. The van der Waals surface area contributed by atoms with Gasteiger partial charge in [-0.05, 0) is 0 Å². The molecule has 176 valence electrons. The molecule has 4 aromatic carbocycles. The van der Waals surface area contributed by atoms with Crippen molar-refractivity contribution in [2.75, 3.05) is 6.16 Å². The van der Waals surface area contributed by atoms with Crippen molar-refractivity contribution in [3.8, 4) is 0 Å². The topological polar surface area (TPSA) is 26.3 Å². The van der Waals surface area contributed by atoms with Gasteiger partial charge in [-0.1, -0.05) is 0 Å². The Morgan fingerprint density at radius 3 is 1.74 bits per heavy atom. The summed E-state index contributed by atoms with van der Waals surface area (Å²) in [7, 11) is 0. The summed E-state index contributed by atoms with van der Waals surface area (Å²) in [6.07, 6.45) is -3.04. The van der Waals surface area contributed by atoms with Gasteiger partial charge in [-0.15, -0.1) is 0 Å². The van der Waals surface area contributed by atoms with Crippen molar-refractivity contribution in [1.82, 2.24) is 0 Å². The zero-order chi connectivity index (χ0) is 24.5. The van der Waals surface area contributed by atoms with Crippen molar-refractivity contribution >= 4 is 40.4 Å². The fraction of sp³-hybridized carbons (Fsp3) is 0.0690. The Bertz CT molecular complexity index is 1360. The molecule has 0 radical (unpaired) electrons. The first-order valence-corrected chi connectivity index (χ1v) is 13.5. The van der Waals surface area contributed by atoms with Crippen LogP contribution in [0.15, 0.2) is 115 Å². The third-order valence-corrected chi connectivity index (χ3v) is 12.2. The van der Waals surface area contributed by atoms with E-state index in [1.54, 1.807) is 66.7 Å². The normalized spacial score (nSPS) is 18.3. The van der Waals surface area contributed by atoms with E-state index in [9.17, 15) is 18.0 Å². The van der Waals surface area contributed by atoms with Gasteiger partial charge >= 0.3 is 202 Å². The number of rotatable bonds is 4. The Kier molecular flexibility index (Phi) is 5.61.